The highest BCUT2D eigenvalue weighted by molar-refractivity contribution is 9.10. The number of benzene rings is 2. The van der Waals surface area contributed by atoms with Crippen LogP contribution in [0.5, 0.6) is 0 Å². The van der Waals surface area contributed by atoms with Crippen LogP contribution in [0.25, 0.3) is 16.3 Å². The number of aromatic nitrogens is 1. The molecule has 0 fully saturated rings. The second kappa shape index (κ2) is 10.7. The molecule has 1 aliphatic heterocycles. The van der Waals surface area contributed by atoms with Crippen LogP contribution in [-0.2, 0) is 26.8 Å². The Kier molecular flexibility index (Phi) is 8.18. The fraction of sp³-hybridized carbons (Fsp3) is 0.286. The fourth-order valence-electron chi connectivity index (χ4n) is 3.73. The van der Waals surface area contributed by atoms with E-state index in [2.05, 4.69) is 15.9 Å². The van der Waals surface area contributed by atoms with E-state index in [1.165, 1.54) is 23.1 Å². The van der Waals surface area contributed by atoms with Crippen LogP contribution >= 0.6 is 50.6 Å². The highest BCUT2D eigenvalue weighted by atomic mass is 79.9. The number of thioether (sulfide) groups is 1. The van der Waals surface area contributed by atoms with Crippen LogP contribution in [0, 0.1) is 0 Å². The molecule has 0 saturated carbocycles. The first kappa shape index (κ1) is 26.9. The van der Waals surface area contributed by atoms with E-state index in [0.717, 1.165) is 35.3 Å². The minimum atomic E-state index is -4.34. The molecule has 2 aromatic carbocycles. The summed E-state index contributed by atoms with van der Waals surface area (Å²) in [5, 5.41) is 2.19. The molecule has 1 aromatic heterocycles. The maximum atomic E-state index is 11.1. The van der Waals surface area contributed by atoms with Crippen molar-refractivity contribution in [2.75, 3.05) is 23.0 Å². The lowest BCUT2D eigenvalue weighted by Crippen LogP contribution is -2.36. The van der Waals surface area contributed by atoms with Crippen LogP contribution in [0.3, 0.4) is 0 Å². The third kappa shape index (κ3) is 6.98. The summed E-state index contributed by atoms with van der Waals surface area (Å²) in [4.78, 5) is 2.88. The molecule has 0 bridgehead atoms. The van der Waals surface area contributed by atoms with Crippen LogP contribution in [0.1, 0.15) is 17.8 Å². The van der Waals surface area contributed by atoms with Crippen molar-refractivity contribution in [2.24, 2.45) is 0 Å². The smallest absolute Gasteiger partial charge is 0.265 e. The SMILES string of the molecule is O=S(=O)([O-])CCCN1/C(=C/c2sc3ccc(Br)cc3[n+]2CCCS(=O)(=O)[O-])Sc2ccc(Cl)cc21. The third-order valence-corrected chi connectivity index (χ3v) is 9.71. The summed E-state index contributed by atoms with van der Waals surface area (Å²) in [5.74, 6) is -0.937. The van der Waals surface area contributed by atoms with Crippen molar-refractivity contribution in [3.8, 4) is 0 Å². The number of rotatable bonds is 9. The van der Waals surface area contributed by atoms with Gasteiger partial charge in [-0.15, -0.1) is 0 Å². The molecule has 0 atom stereocenters. The van der Waals surface area contributed by atoms with Crippen molar-refractivity contribution in [1.29, 1.82) is 0 Å². The minimum absolute atomic E-state index is 0.149. The quantitative estimate of drug-likeness (QED) is 0.250. The van der Waals surface area contributed by atoms with Gasteiger partial charge in [-0.05, 0) is 36.8 Å². The number of thiazole rings is 1. The maximum absolute atomic E-state index is 11.1. The van der Waals surface area contributed by atoms with E-state index < -0.39 is 31.7 Å². The molecule has 188 valence electrons. The zero-order valence-corrected chi connectivity index (χ0v) is 23.6. The van der Waals surface area contributed by atoms with Crippen LogP contribution in [0.2, 0.25) is 5.02 Å². The predicted molar refractivity (Wildman–Crippen MR) is 141 cm³/mol. The largest absolute Gasteiger partial charge is 0.748 e. The Morgan fingerprint density at radius 2 is 1.74 bits per heavy atom. The molecular formula is C21H19BrClN2O6S4-. The Labute approximate surface area is 225 Å². The molecular weight excluding hydrogens is 620 g/mol. The minimum Gasteiger partial charge on any atom is -0.748 e. The molecule has 0 saturated heterocycles. The first-order valence-electron chi connectivity index (χ1n) is 10.4. The van der Waals surface area contributed by atoms with Crippen LogP contribution < -0.4 is 9.47 Å². The topological polar surface area (TPSA) is 122 Å². The third-order valence-electron chi connectivity index (χ3n) is 5.18. The van der Waals surface area contributed by atoms with E-state index in [1.807, 2.05) is 39.8 Å². The number of hydrogen-bond donors (Lipinski definition) is 0. The summed E-state index contributed by atoms with van der Waals surface area (Å²) in [6, 6.07) is 11.3. The van der Waals surface area contributed by atoms with Crippen LogP contribution in [-0.4, -0.2) is 44.0 Å². The summed E-state index contributed by atoms with van der Waals surface area (Å²) in [6.07, 6.45) is 2.27. The summed E-state index contributed by atoms with van der Waals surface area (Å²) >= 11 is 12.7. The molecule has 14 heteroatoms. The summed E-state index contributed by atoms with van der Waals surface area (Å²) in [6.45, 7) is 0.632. The molecule has 8 nitrogen and oxygen atoms in total. The zero-order valence-electron chi connectivity index (χ0n) is 18.0. The van der Waals surface area contributed by atoms with Gasteiger partial charge < -0.3 is 14.0 Å². The normalized spacial score (nSPS) is 15.3. The van der Waals surface area contributed by atoms with Crippen molar-refractivity contribution in [3.05, 3.63) is 55.9 Å². The number of aryl methyl sites for hydroxylation is 1. The van der Waals surface area contributed by atoms with Crippen molar-refractivity contribution in [1.82, 2.24) is 0 Å². The molecule has 4 rings (SSSR count). The Balaban J connectivity index is 1.73. The lowest BCUT2D eigenvalue weighted by atomic mass is 10.2. The molecule has 3 aromatic rings. The van der Waals surface area contributed by atoms with E-state index >= 15 is 0 Å². The molecule has 0 unspecified atom stereocenters. The Bertz CT molecular complexity index is 1520. The number of nitrogens with zero attached hydrogens (tertiary/aromatic N) is 2. The molecule has 0 spiro atoms. The van der Waals surface area contributed by atoms with Gasteiger partial charge in [-0.1, -0.05) is 50.6 Å². The van der Waals surface area contributed by atoms with Gasteiger partial charge in [0.05, 0.1) is 37.0 Å². The van der Waals surface area contributed by atoms with E-state index in [-0.39, 0.29) is 12.8 Å². The fourth-order valence-corrected chi connectivity index (χ4v) is 7.50. The zero-order chi connectivity index (χ0) is 25.4. The van der Waals surface area contributed by atoms with Crippen LogP contribution in [0.15, 0.2) is 50.8 Å². The maximum Gasteiger partial charge on any atom is 0.265 e. The van der Waals surface area contributed by atoms with Gasteiger partial charge in [-0.3, -0.25) is 0 Å². The lowest BCUT2D eigenvalue weighted by molar-refractivity contribution is -0.668. The van der Waals surface area contributed by atoms with Crippen molar-refractivity contribution in [2.45, 2.75) is 24.3 Å². The van der Waals surface area contributed by atoms with E-state index in [0.29, 0.717) is 18.1 Å². The average Bonchev–Trinajstić information content (AvgIpc) is 3.24. The monoisotopic (exact) mass is 637 g/mol. The highest BCUT2D eigenvalue weighted by Crippen LogP contribution is 2.48. The van der Waals surface area contributed by atoms with Gasteiger partial charge in [-0.25, -0.2) is 16.8 Å². The van der Waals surface area contributed by atoms with E-state index in [9.17, 15) is 25.9 Å². The number of fused-ring (bicyclic) bond motifs is 2. The van der Waals surface area contributed by atoms with Crippen molar-refractivity contribution < 1.29 is 30.5 Å². The van der Waals surface area contributed by atoms with E-state index in [4.69, 9.17) is 11.6 Å². The lowest BCUT2D eigenvalue weighted by Gasteiger charge is -2.20. The van der Waals surface area contributed by atoms with Gasteiger partial charge in [0.15, 0.2) is 6.54 Å². The van der Waals surface area contributed by atoms with Gasteiger partial charge >= 0.3 is 0 Å². The molecule has 1 aliphatic rings. The standard InChI is InChI=1S/C21H20BrClN2O6S4/c22-14-3-5-18-16(11-14)24(7-1-9-34(26,27)28)20(32-18)13-21-25(8-2-10-35(29,30)31)17-12-15(23)4-6-19(17)33-21/h3-6,11-13H,1-2,7-10H2,(H-,26,27,28,29,30,31)/p-1. The second-order valence-electron chi connectivity index (χ2n) is 7.78. The Morgan fingerprint density at radius 1 is 1.03 bits per heavy atom. The summed E-state index contributed by atoms with van der Waals surface area (Å²) in [5.41, 5.74) is 1.72. The number of halogens is 2. The molecule has 35 heavy (non-hydrogen) atoms. The van der Waals surface area contributed by atoms with Crippen molar-refractivity contribution >= 4 is 92.8 Å². The summed E-state index contributed by atoms with van der Waals surface area (Å²) < 4.78 is 70.6. The van der Waals surface area contributed by atoms with Crippen LogP contribution in [0.4, 0.5) is 5.69 Å². The molecule has 0 aliphatic carbocycles. The van der Waals surface area contributed by atoms with Crippen molar-refractivity contribution in [3.63, 3.8) is 0 Å². The first-order chi connectivity index (χ1) is 16.4. The molecule has 0 amide bonds. The molecule has 0 radical (unpaired) electrons. The Morgan fingerprint density at radius 3 is 2.46 bits per heavy atom. The van der Waals surface area contributed by atoms with Gasteiger partial charge in [-0.2, -0.15) is 4.57 Å². The number of hydrogen-bond acceptors (Lipinski definition) is 9. The molecule has 0 N–H and O–H groups in total. The van der Waals surface area contributed by atoms with E-state index in [1.54, 1.807) is 12.1 Å². The average molecular weight is 639 g/mol. The number of anilines is 1. The second-order valence-corrected chi connectivity index (χ2v) is 14.3. The highest BCUT2D eigenvalue weighted by Gasteiger charge is 2.28. The first-order valence-corrected chi connectivity index (χ1v) is 16.3. The van der Waals surface area contributed by atoms with Gasteiger partial charge in [0.2, 0.25) is 5.52 Å². The summed E-state index contributed by atoms with van der Waals surface area (Å²) in [7, 11) is -8.67. The van der Waals surface area contributed by atoms with Gasteiger partial charge in [0, 0.05) is 44.9 Å². The van der Waals surface area contributed by atoms with Gasteiger partial charge in [0.1, 0.15) is 4.70 Å². The van der Waals surface area contributed by atoms with Gasteiger partial charge in [0.25, 0.3) is 5.01 Å². The Hall–Kier alpha value is -1.19. The predicted octanol–water partition coefficient (Wildman–Crippen LogP) is 4.39. The molecule has 2 heterocycles.